The zero-order chi connectivity index (χ0) is 23.2. The van der Waals surface area contributed by atoms with E-state index in [1.165, 1.54) is 18.3 Å². The molecule has 7 nitrogen and oxygen atoms in total. The summed E-state index contributed by atoms with van der Waals surface area (Å²) in [4.78, 5) is 41.2. The predicted molar refractivity (Wildman–Crippen MR) is 122 cm³/mol. The van der Waals surface area contributed by atoms with Crippen molar-refractivity contribution in [3.63, 3.8) is 0 Å². The third-order valence-corrected chi connectivity index (χ3v) is 6.39. The highest BCUT2D eigenvalue weighted by molar-refractivity contribution is 7.09. The second-order valence-electron chi connectivity index (χ2n) is 9.56. The first kappa shape index (κ1) is 25.3. The summed E-state index contributed by atoms with van der Waals surface area (Å²) in [6.07, 6.45) is 4.43. The molecular formula is C23H37N3O4S. The van der Waals surface area contributed by atoms with Crippen molar-refractivity contribution in [3.8, 4) is 0 Å². The maximum atomic E-state index is 12.6. The van der Waals surface area contributed by atoms with Crippen LogP contribution in [-0.4, -0.2) is 34.3 Å². The Balaban J connectivity index is 2.11. The zero-order valence-electron chi connectivity index (χ0n) is 19.6. The molecule has 2 unspecified atom stereocenters. The van der Waals surface area contributed by atoms with Gasteiger partial charge in [0.2, 0.25) is 5.91 Å². The molecular weight excluding hydrogens is 414 g/mol. The molecule has 1 aromatic heterocycles. The van der Waals surface area contributed by atoms with Crippen LogP contribution >= 0.6 is 11.3 Å². The van der Waals surface area contributed by atoms with Gasteiger partial charge in [0.1, 0.15) is 10.7 Å². The van der Waals surface area contributed by atoms with E-state index in [-0.39, 0.29) is 29.3 Å². The number of thiazole rings is 1. The SMILES string of the molecule is CCCC(C)(C)NC(=O)c1csc(C(CC(NC(=O)CC2CC2)C(C)C)OC(C)=O)n1. The van der Waals surface area contributed by atoms with Crippen molar-refractivity contribution in [2.45, 2.75) is 97.8 Å². The number of nitrogens with zero attached hydrogens (tertiary/aromatic N) is 1. The first-order valence-electron chi connectivity index (χ1n) is 11.2. The number of amides is 2. The van der Waals surface area contributed by atoms with Gasteiger partial charge < -0.3 is 15.4 Å². The fraction of sp³-hybridized carbons (Fsp3) is 0.739. The Labute approximate surface area is 189 Å². The molecule has 1 aromatic rings. The van der Waals surface area contributed by atoms with Crippen LogP contribution in [0.2, 0.25) is 0 Å². The highest BCUT2D eigenvalue weighted by Gasteiger charge is 2.30. The molecule has 0 aromatic carbocycles. The Hall–Kier alpha value is -1.96. The van der Waals surface area contributed by atoms with E-state index in [0.29, 0.717) is 29.5 Å². The number of ether oxygens (including phenoxy) is 1. The van der Waals surface area contributed by atoms with Crippen LogP contribution in [0.3, 0.4) is 0 Å². The lowest BCUT2D eigenvalue weighted by Gasteiger charge is -2.26. The second kappa shape index (κ2) is 11.1. The van der Waals surface area contributed by atoms with E-state index in [2.05, 4.69) is 22.5 Å². The Morgan fingerprint density at radius 1 is 1.29 bits per heavy atom. The highest BCUT2D eigenvalue weighted by Crippen LogP contribution is 2.33. The number of nitrogens with one attached hydrogen (secondary N) is 2. The first-order valence-corrected chi connectivity index (χ1v) is 12.1. The smallest absolute Gasteiger partial charge is 0.303 e. The van der Waals surface area contributed by atoms with E-state index in [1.807, 2.05) is 27.7 Å². The molecule has 2 amide bonds. The molecule has 2 rings (SSSR count). The lowest BCUT2D eigenvalue weighted by Crippen LogP contribution is -2.43. The van der Waals surface area contributed by atoms with Crippen LogP contribution < -0.4 is 10.6 Å². The summed E-state index contributed by atoms with van der Waals surface area (Å²) >= 11 is 1.30. The maximum Gasteiger partial charge on any atom is 0.303 e. The van der Waals surface area contributed by atoms with Crippen molar-refractivity contribution < 1.29 is 19.1 Å². The number of aromatic nitrogens is 1. The average molecular weight is 452 g/mol. The molecule has 1 saturated carbocycles. The standard InChI is InChI=1S/C23H37N3O4S/c1-7-10-23(5,6)26-21(29)18-13-31-22(25-18)19(30-15(4)27)12-17(14(2)3)24-20(28)11-16-8-9-16/h13-14,16-17,19H,7-12H2,1-6H3,(H,24,28)(H,26,29). The molecule has 0 spiro atoms. The number of rotatable bonds is 12. The monoisotopic (exact) mass is 451 g/mol. The van der Waals surface area contributed by atoms with Crippen LogP contribution in [0, 0.1) is 11.8 Å². The van der Waals surface area contributed by atoms with Crippen LogP contribution in [0.4, 0.5) is 0 Å². The van der Waals surface area contributed by atoms with E-state index >= 15 is 0 Å². The molecule has 1 heterocycles. The van der Waals surface area contributed by atoms with E-state index < -0.39 is 12.1 Å². The van der Waals surface area contributed by atoms with Gasteiger partial charge in [-0.15, -0.1) is 11.3 Å². The van der Waals surface area contributed by atoms with Crippen molar-refractivity contribution in [1.82, 2.24) is 15.6 Å². The maximum absolute atomic E-state index is 12.6. The number of carbonyl (C=O) groups excluding carboxylic acids is 3. The molecule has 2 atom stereocenters. The van der Waals surface area contributed by atoms with E-state index in [9.17, 15) is 14.4 Å². The second-order valence-corrected chi connectivity index (χ2v) is 10.4. The molecule has 0 radical (unpaired) electrons. The Morgan fingerprint density at radius 2 is 1.97 bits per heavy atom. The first-order chi connectivity index (χ1) is 14.5. The number of carbonyl (C=O) groups is 3. The van der Waals surface area contributed by atoms with Gasteiger partial charge in [0.05, 0.1) is 0 Å². The lowest BCUT2D eigenvalue weighted by molar-refractivity contribution is -0.147. The number of esters is 1. The minimum Gasteiger partial charge on any atom is -0.455 e. The van der Waals surface area contributed by atoms with Gasteiger partial charge in [0, 0.05) is 36.7 Å². The summed E-state index contributed by atoms with van der Waals surface area (Å²) in [5.41, 5.74) is -0.000338. The van der Waals surface area contributed by atoms with Crippen molar-refractivity contribution in [2.24, 2.45) is 11.8 Å². The van der Waals surface area contributed by atoms with E-state index in [1.54, 1.807) is 5.38 Å². The van der Waals surface area contributed by atoms with E-state index in [4.69, 9.17) is 4.74 Å². The van der Waals surface area contributed by atoms with Gasteiger partial charge in [0.25, 0.3) is 5.91 Å². The van der Waals surface area contributed by atoms with Gasteiger partial charge in [-0.2, -0.15) is 0 Å². The number of hydrogen-bond acceptors (Lipinski definition) is 6. The fourth-order valence-corrected chi connectivity index (χ4v) is 4.42. The number of hydrogen-bond donors (Lipinski definition) is 2. The summed E-state index contributed by atoms with van der Waals surface area (Å²) in [6, 6.07) is -0.153. The van der Waals surface area contributed by atoms with Crippen LogP contribution in [-0.2, 0) is 14.3 Å². The summed E-state index contributed by atoms with van der Waals surface area (Å²) in [7, 11) is 0. The van der Waals surface area contributed by atoms with Gasteiger partial charge in [-0.3, -0.25) is 14.4 Å². The molecule has 2 N–H and O–H groups in total. The summed E-state index contributed by atoms with van der Waals surface area (Å²) in [6.45, 7) is 11.5. The fourth-order valence-electron chi connectivity index (χ4n) is 3.58. The topological polar surface area (TPSA) is 97.4 Å². The molecule has 0 bridgehead atoms. The van der Waals surface area contributed by atoms with Gasteiger partial charge >= 0.3 is 5.97 Å². The third-order valence-electron chi connectivity index (χ3n) is 5.46. The summed E-state index contributed by atoms with van der Waals surface area (Å²) in [5.74, 6) is 0.0655. The van der Waals surface area contributed by atoms with Crippen molar-refractivity contribution in [3.05, 3.63) is 16.1 Å². The third kappa shape index (κ3) is 8.59. The molecule has 8 heteroatoms. The van der Waals surface area contributed by atoms with Gasteiger partial charge in [-0.05, 0) is 44.9 Å². The zero-order valence-corrected chi connectivity index (χ0v) is 20.4. The largest absolute Gasteiger partial charge is 0.455 e. The Kier molecular flexibility index (Phi) is 9.03. The molecule has 0 saturated heterocycles. The minimum absolute atomic E-state index is 0.0418. The summed E-state index contributed by atoms with van der Waals surface area (Å²) in [5, 5.41) is 8.38. The van der Waals surface area contributed by atoms with Crippen LogP contribution in [0.5, 0.6) is 0 Å². The van der Waals surface area contributed by atoms with Crippen molar-refractivity contribution in [1.29, 1.82) is 0 Å². The van der Waals surface area contributed by atoms with Gasteiger partial charge in [-0.25, -0.2) is 4.98 Å². The quantitative estimate of drug-likeness (QED) is 0.460. The molecule has 0 aliphatic heterocycles. The molecule has 1 fully saturated rings. The van der Waals surface area contributed by atoms with Crippen molar-refractivity contribution >= 4 is 29.1 Å². The minimum atomic E-state index is -0.610. The lowest BCUT2D eigenvalue weighted by atomic mass is 9.97. The average Bonchev–Trinajstić information content (AvgIpc) is 3.30. The predicted octanol–water partition coefficient (Wildman–Crippen LogP) is 4.39. The normalized spacial score (nSPS) is 16.0. The van der Waals surface area contributed by atoms with Crippen LogP contribution in [0.1, 0.15) is 102 Å². The van der Waals surface area contributed by atoms with Crippen molar-refractivity contribution in [2.75, 3.05) is 0 Å². The Bertz CT molecular complexity index is 771. The molecule has 1 aliphatic carbocycles. The molecule has 174 valence electrons. The van der Waals surface area contributed by atoms with Gasteiger partial charge in [0.15, 0.2) is 6.10 Å². The Morgan fingerprint density at radius 3 is 2.52 bits per heavy atom. The highest BCUT2D eigenvalue weighted by atomic mass is 32.1. The van der Waals surface area contributed by atoms with Crippen LogP contribution in [0.15, 0.2) is 5.38 Å². The van der Waals surface area contributed by atoms with Gasteiger partial charge in [-0.1, -0.05) is 27.2 Å². The molecule has 31 heavy (non-hydrogen) atoms. The summed E-state index contributed by atoms with van der Waals surface area (Å²) < 4.78 is 5.55. The van der Waals surface area contributed by atoms with E-state index in [0.717, 1.165) is 25.7 Å². The van der Waals surface area contributed by atoms with Crippen LogP contribution in [0.25, 0.3) is 0 Å². The molecule has 1 aliphatic rings.